The van der Waals surface area contributed by atoms with E-state index in [0.29, 0.717) is 36.0 Å². The second kappa shape index (κ2) is 17.1. The first-order valence-corrected chi connectivity index (χ1v) is 24.4. The lowest BCUT2D eigenvalue weighted by Crippen LogP contribution is -2.61. The molecule has 0 saturated carbocycles. The fraction of sp³-hybridized carbons (Fsp3) is 0.333. The summed E-state index contributed by atoms with van der Waals surface area (Å²) in [5, 5.41) is 6.50. The van der Waals surface area contributed by atoms with E-state index in [9.17, 15) is 30.0 Å². The molecule has 0 aliphatic carbocycles. The Bertz CT molecular complexity index is 2550. The number of ether oxygens (including phenoxy) is 2. The molecule has 58 heavy (non-hydrogen) atoms. The Morgan fingerprint density at radius 2 is 0.983 bits per heavy atom. The van der Waals surface area contributed by atoms with E-state index >= 15 is 4.39 Å². The van der Waals surface area contributed by atoms with Gasteiger partial charge >= 0.3 is 8.26 Å². The fourth-order valence-corrected chi connectivity index (χ4v) is 13.0. The van der Waals surface area contributed by atoms with Gasteiger partial charge in [0.2, 0.25) is 0 Å². The Balaban J connectivity index is 0.000000175. The predicted octanol–water partition coefficient (Wildman–Crippen LogP) is 8.23. The largest absolute Gasteiger partial charge is 0.488 e. The highest BCUT2D eigenvalue weighted by atomic mass is 36.0. The van der Waals surface area contributed by atoms with Gasteiger partial charge in [-0.3, -0.25) is 0 Å². The maximum atomic E-state index is 15.1. The summed E-state index contributed by atoms with van der Waals surface area (Å²) in [4.78, 5) is 0.000319. The minimum absolute atomic E-state index is 0.0202. The van der Waals surface area contributed by atoms with Crippen LogP contribution in [0.4, 0.5) is 17.6 Å². The first-order chi connectivity index (χ1) is 27.2. The molecule has 4 heterocycles. The van der Waals surface area contributed by atoms with Crippen LogP contribution in [-0.2, 0) is 37.4 Å². The van der Waals surface area contributed by atoms with Gasteiger partial charge in [0.15, 0.2) is 48.6 Å². The van der Waals surface area contributed by atoms with E-state index in [1.54, 1.807) is 0 Å². The zero-order valence-electron chi connectivity index (χ0n) is 29.6. The monoisotopic (exact) mass is 966 g/mol. The van der Waals surface area contributed by atoms with Gasteiger partial charge in [-0.25, -0.2) is 34.4 Å². The highest BCUT2D eigenvalue weighted by molar-refractivity contribution is 8.31. The van der Waals surface area contributed by atoms with Crippen LogP contribution in [-0.4, -0.2) is 63.6 Å². The molecule has 2 fully saturated rings. The standard InChI is InChI=1S/C18H15Cl2F2NO3S.C18H16ClF2NO3S.Cl2O2S/c19-10-2-4-11(5-3-10)27(24,25)18-6-1-7-23-14(18)9-26-17-13(21)8-12(20)16(22)15(17)18;19-11-2-4-12(5-3-11)26(23,24)18-8-1-9-22-15(18)10-25-17-14(21)7-6-13(20)16(17)18;1-5(2,3)4/h2-5,8,14,23H,1,6-7,9H2;2-7,15,22H,1,8-10H2;/t14-,18+;15-,18+;/m00./s1. The van der Waals surface area contributed by atoms with Crippen LogP contribution >= 0.6 is 56.2 Å². The number of hydrogen-bond donors (Lipinski definition) is 2. The molecule has 4 aromatic carbocycles. The van der Waals surface area contributed by atoms with Gasteiger partial charge in [0.1, 0.15) is 28.5 Å². The van der Waals surface area contributed by atoms with Gasteiger partial charge in [0, 0.05) is 31.4 Å². The molecule has 0 bridgehead atoms. The minimum Gasteiger partial charge on any atom is -0.488 e. The van der Waals surface area contributed by atoms with Crippen molar-refractivity contribution in [1.82, 2.24) is 10.6 Å². The molecule has 0 radical (unpaired) electrons. The third kappa shape index (κ3) is 8.12. The summed E-state index contributed by atoms with van der Waals surface area (Å²) in [5.74, 6) is -4.12. The van der Waals surface area contributed by atoms with Crippen molar-refractivity contribution in [1.29, 1.82) is 0 Å². The van der Waals surface area contributed by atoms with Crippen molar-refractivity contribution in [3.63, 3.8) is 0 Å². The Labute approximate surface area is 355 Å². The van der Waals surface area contributed by atoms with E-state index in [1.165, 1.54) is 48.5 Å². The quantitative estimate of drug-likeness (QED) is 0.117. The van der Waals surface area contributed by atoms with Gasteiger partial charge in [-0.15, -0.1) is 0 Å². The number of nitrogens with one attached hydrogen (secondary N) is 2. The SMILES string of the molecule is O=S(=O)(Cl)Cl.O=S(=O)(c1ccc(Cl)cc1)[C@]12CCCN[C@H]1COc1c(F)cc(Cl)c(F)c12.O=S(=O)(c1ccc(Cl)cc1)[C@]12CCCN[C@H]1COc1c(F)ccc(F)c12. The topological polar surface area (TPSA) is 145 Å². The average Bonchev–Trinajstić information content (AvgIpc) is 3.17. The lowest BCUT2D eigenvalue weighted by atomic mass is 9.81. The van der Waals surface area contributed by atoms with Crippen LogP contribution in [0.15, 0.2) is 76.5 Å². The fourth-order valence-electron chi connectivity index (χ4n) is 7.98. The van der Waals surface area contributed by atoms with E-state index in [4.69, 9.17) is 52.7 Å². The summed E-state index contributed by atoms with van der Waals surface area (Å²) < 4.78 is 139. The smallest absolute Gasteiger partial charge is 0.317 e. The van der Waals surface area contributed by atoms with E-state index in [1.807, 2.05) is 0 Å². The van der Waals surface area contributed by atoms with Crippen molar-refractivity contribution in [2.45, 2.75) is 57.1 Å². The summed E-state index contributed by atoms with van der Waals surface area (Å²) >= 11 is 17.6. The highest BCUT2D eigenvalue weighted by Crippen LogP contribution is 2.54. The molecule has 2 saturated heterocycles. The Hall–Kier alpha value is -2.58. The predicted molar refractivity (Wildman–Crippen MR) is 212 cm³/mol. The number of halogens is 9. The highest BCUT2D eigenvalue weighted by Gasteiger charge is 2.60. The maximum Gasteiger partial charge on any atom is 0.317 e. The third-order valence-electron chi connectivity index (χ3n) is 10.4. The van der Waals surface area contributed by atoms with E-state index < -0.39 is 83.6 Å². The molecule has 10 nitrogen and oxygen atoms in total. The summed E-state index contributed by atoms with van der Waals surface area (Å²) in [7, 11) is -3.38. The van der Waals surface area contributed by atoms with Gasteiger partial charge in [-0.2, -0.15) is 8.42 Å². The Kier molecular flexibility index (Phi) is 13.2. The summed E-state index contributed by atoms with van der Waals surface area (Å²) in [6.07, 6.45) is 1.27. The van der Waals surface area contributed by atoms with Gasteiger partial charge in [0.05, 0.1) is 38.0 Å². The van der Waals surface area contributed by atoms with E-state index in [0.717, 1.165) is 18.2 Å². The molecule has 22 heteroatoms. The van der Waals surface area contributed by atoms with Gasteiger partial charge in [-0.05, 0) is 106 Å². The maximum absolute atomic E-state index is 15.1. The summed E-state index contributed by atoms with van der Waals surface area (Å²) in [6.45, 7) is 0.974. The molecular weight excluding hydrogens is 938 g/mol. The second-order valence-corrected chi connectivity index (χ2v) is 22.9. The molecule has 4 aliphatic rings. The lowest BCUT2D eigenvalue weighted by molar-refractivity contribution is 0.157. The van der Waals surface area contributed by atoms with Crippen molar-refractivity contribution < 1.29 is 52.3 Å². The van der Waals surface area contributed by atoms with Crippen molar-refractivity contribution in [3.05, 3.63) is 116 Å². The van der Waals surface area contributed by atoms with Gasteiger partial charge < -0.3 is 20.1 Å². The molecule has 4 aliphatic heterocycles. The number of benzene rings is 4. The Morgan fingerprint density at radius 3 is 1.43 bits per heavy atom. The zero-order chi connectivity index (χ0) is 42.4. The second-order valence-electron chi connectivity index (χ2n) is 13.5. The molecule has 8 rings (SSSR count). The van der Waals surface area contributed by atoms with Crippen LogP contribution in [0, 0.1) is 23.3 Å². The zero-order valence-corrected chi connectivity index (χ0v) is 35.8. The van der Waals surface area contributed by atoms with Crippen LogP contribution in [0.25, 0.3) is 0 Å². The van der Waals surface area contributed by atoms with Crippen LogP contribution in [0.5, 0.6) is 11.5 Å². The molecule has 0 spiro atoms. The Morgan fingerprint density at radius 1 is 0.586 bits per heavy atom. The molecule has 4 atom stereocenters. The summed E-state index contributed by atoms with van der Waals surface area (Å²) in [6, 6.07) is 12.6. The van der Waals surface area contributed by atoms with Crippen LogP contribution < -0.4 is 20.1 Å². The minimum atomic E-state index is -4.14. The molecule has 0 aromatic heterocycles. The van der Waals surface area contributed by atoms with Gasteiger partial charge in [0.25, 0.3) is 0 Å². The first-order valence-electron chi connectivity index (χ1n) is 17.2. The van der Waals surface area contributed by atoms with Gasteiger partial charge in [-0.1, -0.05) is 34.8 Å². The van der Waals surface area contributed by atoms with Crippen molar-refractivity contribution >= 4 is 84.1 Å². The van der Waals surface area contributed by atoms with Crippen LogP contribution in [0.2, 0.25) is 15.1 Å². The number of sulfone groups is 2. The molecule has 0 unspecified atom stereocenters. The average molecular weight is 969 g/mol. The number of fused-ring (bicyclic) bond motifs is 6. The van der Waals surface area contributed by atoms with Crippen molar-refractivity contribution in [2.24, 2.45) is 0 Å². The molecule has 0 amide bonds. The van der Waals surface area contributed by atoms with Crippen LogP contribution in [0.3, 0.4) is 0 Å². The normalized spacial score (nSPS) is 23.7. The van der Waals surface area contributed by atoms with Crippen molar-refractivity contribution in [2.75, 3.05) is 26.3 Å². The van der Waals surface area contributed by atoms with Crippen LogP contribution in [0.1, 0.15) is 36.8 Å². The van der Waals surface area contributed by atoms with E-state index in [-0.39, 0.29) is 52.7 Å². The third-order valence-corrected chi connectivity index (χ3v) is 16.3. The number of rotatable bonds is 4. The molecular formula is C36H31Cl5F4N2O8S3. The molecule has 314 valence electrons. The molecule has 4 aromatic rings. The van der Waals surface area contributed by atoms with Crippen molar-refractivity contribution in [3.8, 4) is 11.5 Å². The summed E-state index contributed by atoms with van der Waals surface area (Å²) in [5.41, 5.74) is -0.568. The first kappa shape index (κ1) is 45.0. The lowest BCUT2D eigenvalue weighted by Gasteiger charge is -2.47. The number of hydrogen-bond acceptors (Lipinski definition) is 10. The molecule has 2 N–H and O–H groups in total. The number of piperidine rings is 2. The van der Waals surface area contributed by atoms with E-state index in [2.05, 4.69) is 32.0 Å².